The van der Waals surface area contributed by atoms with Crippen LogP contribution in [0.15, 0.2) is 218 Å². The Morgan fingerprint density at radius 3 is 0.845 bits per heavy atom. The van der Waals surface area contributed by atoms with Crippen molar-refractivity contribution in [3.63, 3.8) is 0 Å². The maximum atomic E-state index is 2.47. The molecule has 12 rings (SSSR count). The molecule has 0 atom stereocenters. The van der Waals surface area contributed by atoms with Crippen LogP contribution >= 0.6 is 0 Å². The van der Waals surface area contributed by atoms with Crippen LogP contribution in [0.3, 0.4) is 0 Å². The lowest BCUT2D eigenvalue weighted by atomic mass is 9.82. The summed E-state index contributed by atoms with van der Waals surface area (Å²) in [5.74, 6) is 0. The van der Waals surface area contributed by atoms with Crippen LogP contribution in [0.4, 0.5) is 0 Å². The Hall–Kier alpha value is -7.54. The molecule has 0 saturated carbocycles. The van der Waals surface area contributed by atoms with Crippen LogP contribution in [-0.4, -0.2) is 0 Å². The lowest BCUT2D eigenvalue weighted by Crippen LogP contribution is -1.94. The van der Waals surface area contributed by atoms with E-state index in [9.17, 15) is 0 Å². The molecule has 0 N–H and O–H groups in total. The van der Waals surface area contributed by atoms with E-state index in [1.54, 1.807) is 0 Å². The largest absolute Gasteiger partial charge is 0.0616 e. The van der Waals surface area contributed by atoms with Crippen LogP contribution in [0.5, 0.6) is 0 Å². The summed E-state index contributed by atoms with van der Waals surface area (Å²) < 4.78 is 0. The Morgan fingerprint density at radius 2 is 0.431 bits per heavy atom. The van der Waals surface area contributed by atoms with Crippen LogP contribution in [-0.2, 0) is 0 Å². The van der Waals surface area contributed by atoms with Crippen LogP contribution in [0.1, 0.15) is 0 Å². The molecule has 0 unspecified atom stereocenters. The molecule has 268 valence electrons. The van der Waals surface area contributed by atoms with E-state index in [0.717, 1.165) is 0 Å². The second kappa shape index (κ2) is 13.0. The zero-order valence-corrected chi connectivity index (χ0v) is 31.8. The van der Waals surface area contributed by atoms with Gasteiger partial charge in [-0.15, -0.1) is 0 Å². The summed E-state index contributed by atoms with van der Waals surface area (Å²) in [6.45, 7) is 0. The van der Waals surface area contributed by atoms with E-state index in [2.05, 4.69) is 218 Å². The minimum absolute atomic E-state index is 1.22. The van der Waals surface area contributed by atoms with Crippen molar-refractivity contribution in [1.29, 1.82) is 0 Å². The molecule has 58 heavy (non-hydrogen) atoms. The molecule has 0 bridgehead atoms. The topological polar surface area (TPSA) is 0 Å². The lowest BCUT2D eigenvalue weighted by Gasteiger charge is -2.21. The minimum atomic E-state index is 1.22. The minimum Gasteiger partial charge on any atom is -0.0616 e. The average molecular weight is 733 g/mol. The molecule has 0 nitrogen and oxygen atoms in total. The predicted octanol–water partition coefficient (Wildman–Crippen LogP) is 16.4. The second-order valence-corrected chi connectivity index (χ2v) is 15.6. The molecule has 0 heterocycles. The zero-order valence-electron chi connectivity index (χ0n) is 31.8. The van der Waals surface area contributed by atoms with Crippen LogP contribution in [0, 0.1) is 0 Å². The Balaban J connectivity index is 1.17. The Labute approximate surface area is 336 Å². The van der Waals surface area contributed by atoms with Gasteiger partial charge in [-0.25, -0.2) is 0 Å². The molecule has 12 aromatic carbocycles. The lowest BCUT2D eigenvalue weighted by molar-refractivity contribution is 1.65. The highest BCUT2D eigenvalue weighted by atomic mass is 14.2. The van der Waals surface area contributed by atoms with Gasteiger partial charge in [-0.2, -0.15) is 0 Å². The Morgan fingerprint density at radius 1 is 0.155 bits per heavy atom. The van der Waals surface area contributed by atoms with Crippen molar-refractivity contribution in [3.05, 3.63) is 218 Å². The summed E-state index contributed by atoms with van der Waals surface area (Å²) in [5, 5.41) is 17.6. The maximum absolute atomic E-state index is 2.47. The van der Waals surface area contributed by atoms with Gasteiger partial charge in [0.15, 0.2) is 0 Å². The molecule has 12 aromatic rings. The summed E-state index contributed by atoms with van der Waals surface area (Å²) in [7, 11) is 0. The van der Waals surface area contributed by atoms with E-state index in [1.165, 1.54) is 120 Å². The fraction of sp³-hybridized carbons (Fsp3) is 0. The van der Waals surface area contributed by atoms with Gasteiger partial charge in [0, 0.05) is 0 Å². The smallest absolute Gasteiger partial charge is 0.00201 e. The van der Waals surface area contributed by atoms with E-state index in [4.69, 9.17) is 0 Å². The van der Waals surface area contributed by atoms with Gasteiger partial charge in [0.2, 0.25) is 0 Å². The van der Waals surface area contributed by atoms with E-state index >= 15 is 0 Å². The molecule has 0 amide bonds. The predicted molar refractivity (Wildman–Crippen MR) is 251 cm³/mol. The summed E-state index contributed by atoms with van der Waals surface area (Å²) >= 11 is 0. The van der Waals surface area contributed by atoms with Gasteiger partial charge in [-0.1, -0.05) is 194 Å². The van der Waals surface area contributed by atoms with Crippen molar-refractivity contribution in [1.82, 2.24) is 0 Å². The normalized spacial score (nSPS) is 11.8. The van der Waals surface area contributed by atoms with Gasteiger partial charge >= 0.3 is 0 Å². The number of hydrogen-bond acceptors (Lipinski definition) is 0. The van der Waals surface area contributed by atoms with Crippen molar-refractivity contribution in [3.8, 4) is 44.5 Å². The monoisotopic (exact) mass is 732 g/mol. The number of hydrogen-bond donors (Lipinski definition) is 0. The molecule has 0 aliphatic heterocycles. The van der Waals surface area contributed by atoms with E-state index in [1.807, 2.05) is 0 Å². The van der Waals surface area contributed by atoms with Crippen molar-refractivity contribution in [2.24, 2.45) is 0 Å². The molecule has 0 spiro atoms. The first-order valence-electron chi connectivity index (χ1n) is 20.2. The highest BCUT2D eigenvalue weighted by Crippen LogP contribution is 2.49. The number of fused-ring (bicyclic) bond motifs is 8. The maximum Gasteiger partial charge on any atom is -0.00201 e. The number of rotatable bonds is 4. The highest BCUT2D eigenvalue weighted by molar-refractivity contribution is 6.25. The van der Waals surface area contributed by atoms with E-state index in [-0.39, 0.29) is 0 Å². The van der Waals surface area contributed by atoms with E-state index in [0.29, 0.717) is 0 Å². The Kier molecular flexibility index (Phi) is 7.33. The van der Waals surface area contributed by atoms with Gasteiger partial charge in [0.25, 0.3) is 0 Å². The number of benzene rings is 12. The molecule has 0 aromatic heterocycles. The Bertz CT molecular complexity index is 3570. The van der Waals surface area contributed by atoms with E-state index < -0.39 is 0 Å². The highest BCUT2D eigenvalue weighted by Gasteiger charge is 2.21. The van der Waals surface area contributed by atoms with Crippen molar-refractivity contribution in [2.45, 2.75) is 0 Å². The molecular formula is C58H36. The summed E-state index contributed by atoms with van der Waals surface area (Å²) in [6.07, 6.45) is 0. The summed E-state index contributed by atoms with van der Waals surface area (Å²) in [6, 6.07) is 81.1. The van der Waals surface area contributed by atoms with Crippen LogP contribution < -0.4 is 0 Å². The fourth-order valence-corrected chi connectivity index (χ4v) is 9.73. The van der Waals surface area contributed by atoms with Gasteiger partial charge in [-0.3, -0.25) is 0 Å². The van der Waals surface area contributed by atoms with Gasteiger partial charge in [-0.05, 0) is 144 Å². The summed E-state index contributed by atoms with van der Waals surface area (Å²) in [5.41, 5.74) is 10.0. The first kappa shape index (κ1) is 32.7. The second-order valence-electron chi connectivity index (χ2n) is 15.6. The third-order valence-electron chi connectivity index (χ3n) is 12.4. The van der Waals surface area contributed by atoms with Gasteiger partial charge in [0.1, 0.15) is 0 Å². The van der Waals surface area contributed by atoms with Crippen molar-refractivity contribution >= 4 is 75.4 Å². The standard InChI is InChI=1S/C58H36/c1-4-16-40-33-43(28-25-37(40)13-1)55-49-21-9-11-23-51(49)56(52-24-12-10-22-50(52)55)46-31-32-53-54(36-46)47-19-7-8-20-48(47)57(44-29-26-38-14-2-5-17-41(38)34-44)58(53)45-30-27-39-15-3-6-18-42(39)35-45/h1-36H. The molecule has 0 heteroatoms. The van der Waals surface area contributed by atoms with Crippen molar-refractivity contribution in [2.75, 3.05) is 0 Å². The van der Waals surface area contributed by atoms with Gasteiger partial charge in [0.05, 0.1) is 0 Å². The molecule has 0 saturated heterocycles. The SMILES string of the molecule is c1ccc2cc(-c3c4ccccc4c(-c4ccc5c(-c6ccc7ccccc7c6)c(-c6ccc7ccccc7c6)c6ccccc6c5c4)c4ccccc34)ccc2c1. The van der Waals surface area contributed by atoms with Crippen LogP contribution in [0.2, 0.25) is 0 Å². The fourth-order valence-electron chi connectivity index (χ4n) is 9.73. The molecule has 0 aliphatic rings. The third-order valence-corrected chi connectivity index (χ3v) is 12.4. The molecular weight excluding hydrogens is 697 g/mol. The quantitative estimate of drug-likeness (QED) is 0.125. The zero-order chi connectivity index (χ0) is 38.2. The first-order chi connectivity index (χ1) is 28.8. The molecule has 0 radical (unpaired) electrons. The first-order valence-corrected chi connectivity index (χ1v) is 20.2. The average Bonchev–Trinajstić information content (AvgIpc) is 3.29. The van der Waals surface area contributed by atoms with Crippen molar-refractivity contribution < 1.29 is 0 Å². The van der Waals surface area contributed by atoms with Gasteiger partial charge < -0.3 is 0 Å². The van der Waals surface area contributed by atoms with Crippen LogP contribution in [0.25, 0.3) is 120 Å². The third kappa shape index (κ3) is 5.09. The molecule has 0 fully saturated rings. The summed E-state index contributed by atoms with van der Waals surface area (Å²) in [4.78, 5) is 0. The molecule has 0 aliphatic carbocycles.